The monoisotopic (exact) mass is 263 g/mol. The van der Waals surface area contributed by atoms with E-state index in [1.165, 1.54) is 49.1 Å². The van der Waals surface area contributed by atoms with Crippen molar-refractivity contribution in [1.29, 1.82) is 0 Å². The maximum Gasteiger partial charge on any atom is 0.0657 e. The van der Waals surface area contributed by atoms with Crippen LogP contribution in [0.5, 0.6) is 0 Å². The lowest BCUT2D eigenvalue weighted by atomic mass is 9.95. The maximum atomic E-state index is 6.02. The molecule has 0 bridgehead atoms. The first-order valence-corrected chi connectivity index (χ1v) is 8.02. The summed E-state index contributed by atoms with van der Waals surface area (Å²) in [5.41, 5.74) is 10.2. The van der Waals surface area contributed by atoms with Crippen LogP contribution in [0.15, 0.2) is 0 Å². The largest absolute Gasteiger partial charge is 0.328 e. The lowest BCUT2D eigenvalue weighted by molar-refractivity contribution is 0.321. The van der Waals surface area contributed by atoms with Crippen molar-refractivity contribution >= 4 is 0 Å². The minimum absolute atomic E-state index is 0.222. The Morgan fingerprint density at radius 2 is 1.89 bits per heavy atom. The van der Waals surface area contributed by atoms with Crippen molar-refractivity contribution in [3.8, 4) is 0 Å². The third kappa shape index (κ3) is 3.19. The molecule has 1 fully saturated rings. The topological polar surface area (TPSA) is 43.8 Å². The molecule has 1 aromatic rings. The van der Waals surface area contributed by atoms with Crippen molar-refractivity contribution in [1.82, 2.24) is 9.78 Å². The van der Waals surface area contributed by atoms with Crippen LogP contribution in [0.1, 0.15) is 75.9 Å². The summed E-state index contributed by atoms with van der Waals surface area (Å²) >= 11 is 0. The molecular formula is C16H29N3. The average Bonchev–Trinajstić information content (AvgIpc) is 2.76. The Morgan fingerprint density at radius 1 is 1.21 bits per heavy atom. The Labute approximate surface area is 117 Å². The fraction of sp³-hybridized carbons (Fsp3) is 0.812. The SMILES string of the molecule is CCc1nn(C2CCCCC2)c(CC)c1CC(C)N. The molecule has 19 heavy (non-hydrogen) atoms. The summed E-state index contributed by atoms with van der Waals surface area (Å²) in [6.45, 7) is 6.55. The van der Waals surface area contributed by atoms with Crippen LogP contribution < -0.4 is 5.73 Å². The molecular weight excluding hydrogens is 234 g/mol. The van der Waals surface area contributed by atoms with Crippen LogP contribution in [0.25, 0.3) is 0 Å². The summed E-state index contributed by atoms with van der Waals surface area (Å²) < 4.78 is 2.36. The normalized spacial score (nSPS) is 18.7. The Hall–Kier alpha value is -0.830. The Kier molecular flexibility index (Phi) is 5.03. The third-order valence-electron chi connectivity index (χ3n) is 4.32. The van der Waals surface area contributed by atoms with Gasteiger partial charge in [0.15, 0.2) is 0 Å². The molecule has 1 atom stereocenters. The van der Waals surface area contributed by atoms with Crippen LogP contribution in [0.2, 0.25) is 0 Å². The van der Waals surface area contributed by atoms with Gasteiger partial charge in [-0.1, -0.05) is 33.1 Å². The van der Waals surface area contributed by atoms with Gasteiger partial charge in [-0.05, 0) is 44.6 Å². The Balaban J connectivity index is 2.34. The van der Waals surface area contributed by atoms with E-state index in [0.717, 1.165) is 19.3 Å². The zero-order valence-electron chi connectivity index (χ0n) is 12.8. The zero-order chi connectivity index (χ0) is 13.8. The van der Waals surface area contributed by atoms with Crippen molar-refractivity contribution in [2.75, 3.05) is 0 Å². The molecule has 0 radical (unpaired) electrons. The molecule has 108 valence electrons. The fourth-order valence-corrected chi connectivity index (χ4v) is 3.40. The molecule has 0 aromatic carbocycles. The van der Waals surface area contributed by atoms with E-state index in [4.69, 9.17) is 10.8 Å². The highest BCUT2D eigenvalue weighted by atomic mass is 15.3. The van der Waals surface area contributed by atoms with Gasteiger partial charge < -0.3 is 5.73 Å². The highest BCUT2D eigenvalue weighted by Crippen LogP contribution is 2.31. The molecule has 1 aliphatic rings. The average molecular weight is 263 g/mol. The lowest BCUT2D eigenvalue weighted by Gasteiger charge is -2.24. The van der Waals surface area contributed by atoms with Gasteiger partial charge in [-0.15, -0.1) is 0 Å². The van der Waals surface area contributed by atoms with Crippen LogP contribution in [-0.2, 0) is 19.3 Å². The van der Waals surface area contributed by atoms with E-state index >= 15 is 0 Å². The van der Waals surface area contributed by atoms with Gasteiger partial charge in [-0.3, -0.25) is 4.68 Å². The molecule has 1 aromatic heterocycles. The molecule has 0 saturated heterocycles. The number of aromatic nitrogens is 2. The van der Waals surface area contributed by atoms with Gasteiger partial charge in [0.2, 0.25) is 0 Å². The van der Waals surface area contributed by atoms with Crippen LogP contribution >= 0.6 is 0 Å². The first kappa shape index (κ1) is 14.6. The molecule has 3 nitrogen and oxygen atoms in total. The van der Waals surface area contributed by atoms with Crippen molar-refractivity contribution in [3.63, 3.8) is 0 Å². The first-order valence-electron chi connectivity index (χ1n) is 8.02. The zero-order valence-corrected chi connectivity index (χ0v) is 12.8. The summed E-state index contributed by atoms with van der Waals surface area (Å²) in [5.74, 6) is 0. The van der Waals surface area contributed by atoms with E-state index in [1.807, 2.05) is 0 Å². The van der Waals surface area contributed by atoms with Gasteiger partial charge in [0.25, 0.3) is 0 Å². The van der Waals surface area contributed by atoms with Crippen LogP contribution in [0.3, 0.4) is 0 Å². The molecule has 0 amide bonds. The standard InChI is InChI=1S/C16H29N3/c1-4-15-14(11-12(3)17)16(5-2)19(18-15)13-9-7-6-8-10-13/h12-13H,4-11,17H2,1-3H3. The Morgan fingerprint density at radius 3 is 2.42 bits per heavy atom. The fourth-order valence-electron chi connectivity index (χ4n) is 3.40. The van der Waals surface area contributed by atoms with E-state index in [2.05, 4.69) is 25.5 Å². The molecule has 1 saturated carbocycles. The van der Waals surface area contributed by atoms with Gasteiger partial charge >= 0.3 is 0 Å². The van der Waals surface area contributed by atoms with Crippen LogP contribution in [0, 0.1) is 0 Å². The molecule has 3 heteroatoms. The molecule has 1 unspecified atom stereocenters. The van der Waals surface area contributed by atoms with Crippen molar-refractivity contribution in [2.45, 2.75) is 84.2 Å². The molecule has 1 aliphatic carbocycles. The minimum Gasteiger partial charge on any atom is -0.328 e. The summed E-state index contributed by atoms with van der Waals surface area (Å²) in [4.78, 5) is 0. The van der Waals surface area contributed by atoms with Gasteiger partial charge in [-0.25, -0.2) is 0 Å². The highest BCUT2D eigenvalue weighted by molar-refractivity contribution is 5.28. The second-order valence-corrected chi connectivity index (χ2v) is 6.00. The van der Waals surface area contributed by atoms with E-state index in [-0.39, 0.29) is 6.04 Å². The molecule has 0 spiro atoms. The summed E-state index contributed by atoms with van der Waals surface area (Å²) in [7, 11) is 0. The Bertz CT molecular complexity index is 400. The van der Waals surface area contributed by atoms with Gasteiger partial charge in [0.1, 0.15) is 0 Å². The van der Waals surface area contributed by atoms with Crippen LogP contribution in [0.4, 0.5) is 0 Å². The van der Waals surface area contributed by atoms with E-state index in [9.17, 15) is 0 Å². The number of hydrogen-bond acceptors (Lipinski definition) is 2. The molecule has 1 heterocycles. The smallest absolute Gasteiger partial charge is 0.0657 e. The molecule has 2 rings (SSSR count). The van der Waals surface area contributed by atoms with E-state index in [1.54, 1.807) is 0 Å². The number of aryl methyl sites for hydroxylation is 1. The van der Waals surface area contributed by atoms with Crippen molar-refractivity contribution in [3.05, 3.63) is 17.0 Å². The van der Waals surface area contributed by atoms with E-state index in [0.29, 0.717) is 6.04 Å². The summed E-state index contributed by atoms with van der Waals surface area (Å²) in [5, 5.41) is 4.94. The van der Waals surface area contributed by atoms with Crippen LogP contribution in [-0.4, -0.2) is 15.8 Å². The summed E-state index contributed by atoms with van der Waals surface area (Å²) in [6.07, 6.45) is 9.78. The number of nitrogens with zero attached hydrogens (tertiary/aromatic N) is 2. The quantitative estimate of drug-likeness (QED) is 0.884. The van der Waals surface area contributed by atoms with Gasteiger partial charge in [-0.2, -0.15) is 5.10 Å². The highest BCUT2D eigenvalue weighted by Gasteiger charge is 2.23. The second kappa shape index (κ2) is 6.56. The molecule has 2 N–H and O–H groups in total. The second-order valence-electron chi connectivity index (χ2n) is 6.00. The number of nitrogens with two attached hydrogens (primary N) is 1. The predicted molar refractivity (Wildman–Crippen MR) is 80.5 cm³/mol. The number of hydrogen-bond donors (Lipinski definition) is 1. The van der Waals surface area contributed by atoms with Gasteiger partial charge in [0, 0.05) is 11.7 Å². The van der Waals surface area contributed by atoms with Crippen molar-refractivity contribution in [2.24, 2.45) is 5.73 Å². The maximum absolute atomic E-state index is 6.02. The number of rotatable bonds is 5. The minimum atomic E-state index is 0.222. The van der Waals surface area contributed by atoms with E-state index < -0.39 is 0 Å². The predicted octanol–water partition coefficient (Wildman–Crippen LogP) is 3.40. The third-order valence-corrected chi connectivity index (χ3v) is 4.32. The van der Waals surface area contributed by atoms with Gasteiger partial charge in [0.05, 0.1) is 11.7 Å². The molecule has 0 aliphatic heterocycles. The summed E-state index contributed by atoms with van der Waals surface area (Å²) in [6, 6.07) is 0.857. The first-order chi connectivity index (χ1) is 9.17. The lowest BCUT2D eigenvalue weighted by Crippen LogP contribution is -2.20. The van der Waals surface area contributed by atoms with Crippen molar-refractivity contribution < 1.29 is 0 Å².